The van der Waals surface area contributed by atoms with Gasteiger partial charge in [-0.3, -0.25) is 4.79 Å². The Morgan fingerprint density at radius 1 is 1.39 bits per heavy atom. The fraction of sp³-hybridized carbons (Fsp3) is 0.333. The standard InChI is InChI=1S/C12H12FNO4/c13-7-3-1-5-9(15)10(7)11(16)14-6-2-4-8(14)12(17)18/h1,3,5,8,15H,2,4,6H2,(H,17,18). The van der Waals surface area contributed by atoms with Gasteiger partial charge in [0, 0.05) is 6.54 Å². The number of carbonyl (C=O) groups excluding carboxylic acids is 1. The molecular weight excluding hydrogens is 241 g/mol. The summed E-state index contributed by atoms with van der Waals surface area (Å²) in [5.41, 5.74) is -0.467. The Morgan fingerprint density at radius 2 is 2.11 bits per heavy atom. The van der Waals surface area contributed by atoms with Crippen LogP contribution in [0.3, 0.4) is 0 Å². The number of aromatic hydroxyl groups is 1. The summed E-state index contributed by atoms with van der Waals surface area (Å²) in [6.07, 6.45) is 0.897. The first-order valence-electron chi connectivity index (χ1n) is 5.53. The maximum Gasteiger partial charge on any atom is 0.326 e. The van der Waals surface area contributed by atoms with Crippen molar-refractivity contribution in [3.63, 3.8) is 0 Å². The van der Waals surface area contributed by atoms with Crippen LogP contribution in [0.1, 0.15) is 23.2 Å². The summed E-state index contributed by atoms with van der Waals surface area (Å²) in [5, 5.41) is 18.5. The minimum absolute atomic E-state index is 0.254. The number of likely N-dealkylation sites (tertiary alicyclic amines) is 1. The molecule has 1 aliphatic heterocycles. The number of hydrogen-bond acceptors (Lipinski definition) is 3. The molecule has 2 rings (SSSR count). The van der Waals surface area contributed by atoms with Crippen LogP contribution in [0.5, 0.6) is 5.75 Å². The monoisotopic (exact) mass is 253 g/mol. The van der Waals surface area contributed by atoms with E-state index in [0.717, 1.165) is 11.0 Å². The number of aliphatic carboxylic acids is 1. The number of carboxylic acids is 1. The minimum Gasteiger partial charge on any atom is -0.507 e. The largest absolute Gasteiger partial charge is 0.507 e. The molecule has 0 aromatic heterocycles. The first-order chi connectivity index (χ1) is 8.52. The van der Waals surface area contributed by atoms with Crippen molar-refractivity contribution in [2.45, 2.75) is 18.9 Å². The van der Waals surface area contributed by atoms with Crippen LogP contribution in [0.25, 0.3) is 0 Å². The van der Waals surface area contributed by atoms with Crippen LogP contribution in [0.15, 0.2) is 18.2 Å². The Hall–Kier alpha value is -2.11. The number of hydrogen-bond donors (Lipinski definition) is 2. The third-order valence-corrected chi connectivity index (χ3v) is 3.00. The van der Waals surface area contributed by atoms with Gasteiger partial charge in [0.1, 0.15) is 23.2 Å². The van der Waals surface area contributed by atoms with Crippen LogP contribution in [-0.2, 0) is 4.79 Å². The van der Waals surface area contributed by atoms with Gasteiger partial charge < -0.3 is 15.1 Å². The normalized spacial score (nSPS) is 18.9. The number of carbonyl (C=O) groups is 2. The highest BCUT2D eigenvalue weighted by molar-refractivity contribution is 5.99. The van der Waals surface area contributed by atoms with Gasteiger partial charge in [0.25, 0.3) is 5.91 Å². The number of benzene rings is 1. The van der Waals surface area contributed by atoms with Crippen molar-refractivity contribution in [2.24, 2.45) is 0 Å². The number of nitrogens with zero attached hydrogens (tertiary/aromatic N) is 1. The Morgan fingerprint density at radius 3 is 2.72 bits per heavy atom. The molecule has 1 fully saturated rings. The molecule has 1 unspecified atom stereocenters. The molecule has 18 heavy (non-hydrogen) atoms. The topological polar surface area (TPSA) is 77.8 Å². The van der Waals surface area contributed by atoms with E-state index < -0.39 is 35.0 Å². The van der Waals surface area contributed by atoms with Crippen molar-refractivity contribution >= 4 is 11.9 Å². The molecule has 1 amide bonds. The molecule has 0 bridgehead atoms. The zero-order chi connectivity index (χ0) is 13.3. The van der Waals surface area contributed by atoms with Crippen LogP contribution in [-0.4, -0.2) is 39.6 Å². The number of halogens is 1. The Labute approximate surface area is 102 Å². The zero-order valence-electron chi connectivity index (χ0n) is 9.47. The first-order valence-corrected chi connectivity index (χ1v) is 5.53. The molecule has 0 saturated carbocycles. The fourth-order valence-corrected chi connectivity index (χ4v) is 2.13. The number of phenols is 1. The molecule has 6 heteroatoms. The molecule has 0 aliphatic carbocycles. The summed E-state index contributed by atoms with van der Waals surface area (Å²) in [6, 6.07) is 2.58. The van der Waals surface area contributed by atoms with E-state index in [4.69, 9.17) is 5.11 Å². The molecule has 1 heterocycles. The number of amides is 1. The molecule has 1 atom stereocenters. The molecule has 5 nitrogen and oxygen atoms in total. The number of phenolic OH excluding ortho intramolecular Hbond substituents is 1. The van der Waals surface area contributed by atoms with E-state index in [9.17, 15) is 19.1 Å². The predicted octanol–water partition coefficient (Wildman–Crippen LogP) is 1.22. The first kappa shape index (κ1) is 12.3. The summed E-state index contributed by atoms with van der Waals surface area (Å²) < 4.78 is 13.5. The van der Waals surface area contributed by atoms with Gasteiger partial charge in [-0.2, -0.15) is 0 Å². The van der Waals surface area contributed by atoms with E-state index in [2.05, 4.69) is 0 Å². The van der Waals surface area contributed by atoms with Crippen molar-refractivity contribution in [2.75, 3.05) is 6.54 Å². The molecule has 0 radical (unpaired) electrons. The smallest absolute Gasteiger partial charge is 0.326 e. The van der Waals surface area contributed by atoms with Crippen LogP contribution in [0.2, 0.25) is 0 Å². The van der Waals surface area contributed by atoms with Gasteiger partial charge in [-0.05, 0) is 25.0 Å². The van der Waals surface area contributed by atoms with Gasteiger partial charge in [-0.15, -0.1) is 0 Å². The molecule has 0 spiro atoms. The molecule has 1 saturated heterocycles. The van der Waals surface area contributed by atoms with Crippen LogP contribution >= 0.6 is 0 Å². The van der Waals surface area contributed by atoms with E-state index in [1.165, 1.54) is 12.1 Å². The maximum atomic E-state index is 13.5. The zero-order valence-corrected chi connectivity index (χ0v) is 9.47. The summed E-state index contributed by atoms with van der Waals surface area (Å²) in [7, 11) is 0. The summed E-state index contributed by atoms with van der Waals surface area (Å²) >= 11 is 0. The van der Waals surface area contributed by atoms with Gasteiger partial charge in [0.2, 0.25) is 0 Å². The van der Waals surface area contributed by atoms with E-state index >= 15 is 0 Å². The third-order valence-electron chi connectivity index (χ3n) is 3.00. The molecule has 2 N–H and O–H groups in total. The quantitative estimate of drug-likeness (QED) is 0.830. The number of carboxylic acid groups (broad SMARTS) is 1. The van der Waals surface area contributed by atoms with Crippen molar-refractivity contribution < 1.29 is 24.2 Å². The number of rotatable bonds is 2. The second kappa shape index (κ2) is 4.64. The second-order valence-electron chi connectivity index (χ2n) is 4.13. The molecule has 1 aliphatic rings. The lowest BCUT2D eigenvalue weighted by atomic mass is 10.1. The van der Waals surface area contributed by atoms with Gasteiger partial charge in [-0.1, -0.05) is 6.07 Å². The Bertz CT molecular complexity index is 483. The van der Waals surface area contributed by atoms with E-state index in [1.54, 1.807) is 0 Å². The Balaban J connectivity index is 2.34. The van der Waals surface area contributed by atoms with Gasteiger partial charge >= 0.3 is 5.97 Å². The fourth-order valence-electron chi connectivity index (χ4n) is 2.13. The highest BCUT2D eigenvalue weighted by atomic mass is 19.1. The predicted molar refractivity (Wildman–Crippen MR) is 59.8 cm³/mol. The average molecular weight is 253 g/mol. The van der Waals surface area contributed by atoms with E-state index in [1.807, 2.05) is 0 Å². The summed E-state index contributed by atoms with van der Waals surface area (Å²) in [5.74, 6) is -3.22. The average Bonchev–Trinajstić information content (AvgIpc) is 2.77. The van der Waals surface area contributed by atoms with Crippen molar-refractivity contribution in [1.29, 1.82) is 0 Å². The van der Waals surface area contributed by atoms with Crippen LogP contribution in [0.4, 0.5) is 4.39 Å². The maximum absolute atomic E-state index is 13.5. The van der Waals surface area contributed by atoms with Gasteiger partial charge in [0.05, 0.1) is 0 Å². The lowest BCUT2D eigenvalue weighted by molar-refractivity contribution is -0.141. The Kier molecular flexibility index (Phi) is 3.18. The van der Waals surface area contributed by atoms with Gasteiger partial charge in [-0.25, -0.2) is 9.18 Å². The van der Waals surface area contributed by atoms with Gasteiger partial charge in [0.15, 0.2) is 0 Å². The molecular formula is C12H12FNO4. The minimum atomic E-state index is -1.11. The molecule has 1 aromatic carbocycles. The third kappa shape index (κ3) is 2.01. The highest BCUT2D eigenvalue weighted by Crippen LogP contribution is 2.26. The van der Waals surface area contributed by atoms with E-state index in [0.29, 0.717) is 12.8 Å². The van der Waals surface area contributed by atoms with Crippen molar-refractivity contribution in [3.05, 3.63) is 29.6 Å². The van der Waals surface area contributed by atoms with Crippen molar-refractivity contribution in [1.82, 2.24) is 4.90 Å². The van der Waals surface area contributed by atoms with Crippen LogP contribution < -0.4 is 0 Å². The summed E-state index contributed by atoms with van der Waals surface area (Å²) in [6.45, 7) is 0.254. The molecule has 1 aromatic rings. The van der Waals surface area contributed by atoms with Crippen LogP contribution in [0, 0.1) is 5.82 Å². The lowest BCUT2D eigenvalue weighted by Crippen LogP contribution is -2.40. The van der Waals surface area contributed by atoms with Crippen molar-refractivity contribution in [3.8, 4) is 5.75 Å². The SMILES string of the molecule is O=C(O)C1CCCN1C(=O)c1c(O)cccc1F. The second-order valence-corrected chi connectivity index (χ2v) is 4.13. The summed E-state index contributed by atoms with van der Waals surface area (Å²) in [4.78, 5) is 24.1. The van der Waals surface area contributed by atoms with E-state index in [-0.39, 0.29) is 6.54 Å². The molecule has 96 valence electrons. The lowest BCUT2D eigenvalue weighted by Gasteiger charge is -2.21. The highest BCUT2D eigenvalue weighted by Gasteiger charge is 2.36.